The molecule has 1 atom stereocenters. The lowest BCUT2D eigenvalue weighted by Gasteiger charge is -2.22. The van der Waals surface area contributed by atoms with E-state index in [1.807, 2.05) is 39.2 Å². The molecule has 0 radical (unpaired) electrons. The van der Waals surface area contributed by atoms with E-state index in [2.05, 4.69) is 23.2 Å². The van der Waals surface area contributed by atoms with Gasteiger partial charge in [0.1, 0.15) is 11.3 Å². The molecular weight excluding hydrogens is 316 g/mol. The monoisotopic (exact) mass is 340 g/mol. The van der Waals surface area contributed by atoms with E-state index in [1.54, 1.807) is 12.3 Å². The molecule has 1 aromatic carbocycles. The van der Waals surface area contributed by atoms with E-state index in [4.69, 9.17) is 8.83 Å². The van der Waals surface area contributed by atoms with Crippen molar-refractivity contribution in [2.45, 2.75) is 26.4 Å². The molecule has 0 saturated heterocycles. The molecule has 5 heteroatoms. The van der Waals surface area contributed by atoms with E-state index in [0.717, 1.165) is 22.3 Å². The van der Waals surface area contributed by atoms with Crippen LogP contribution in [0.2, 0.25) is 0 Å². The SMILES string of the molecule is Cc1cc2oc(=O)cc(CNC[C@@H](c3ccco3)N(C)C)c2cc1C. The highest BCUT2D eigenvalue weighted by atomic mass is 16.4. The first-order chi connectivity index (χ1) is 12.0. The number of hydrogen-bond acceptors (Lipinski definition) is 5. The average Bonchev–Trinajstić information content (AvgIpc) is 3.06. The van der Waals surface area contributed by atoms with Crippen molar-refractivity contribution in [2.75, 3.05) is 20.6 Å². The molecule has 0 unspecified atom stereocenters. The topological polar surface area (TPSA) is 58.6 Å². The standard InChI is InChI=1S/C20H24N2O3/c1-13-8-16-15(10-20(23)25-19(16)9-14(13)2)11-21-12-17(22(3)4)18-6-5-7-24-18/h5-10,17,21H,11-12H2,1-4H3/t17-/m0/s1. The summed E-state index contributed by atoms with van der Waals surface area (Å²) in [5.41, 5.74) is 3.58. The zero-order valence-corrected chi connectivity index (χ0v) is 15.1. The molecule has 0 aliphatic heterocycles. The number of rotatable bonds is 6. The Balaban J connectivity index is 1.81. The lowest BCUT2D eigenvalue weighted by Crippen LogP contribution is -2.30. The minimum Gasteiger partial charge on any atom is -0.468 e. The third-order valence-electron chi connectivity index (χ3n) is 4.59. The number of likely N-dealkylation sites (N-methyl/N-ethyl adjacent to an activating group) is 1. The number of nitrogens with one attached hydrogen (secondary N) is 1. The van der Waals surface area contributed by atoms with E-state index < -0.39 is 0 Å². The van der Waals surface area contributed by atoms with Crippen molar-refractivity contribution in [3.63, 3.8) is 0 Å². The predicted octanol–water partition coefficient (Wildman–Crippen LogP) is 3.40. The van der Waals surface area contributed by atoms with Crippen LogP contribution in [0.5, 0.6) is 0 Å². The number of benzene rings is 1. The summed E-state index contributed by atoms with van der Waals surface area (Å²) in [4.78, 5) is 14.0. The summed E-state index contributed by atoms with van der Waals surface area (Å²) in [5.74, 6) is 0.918. The number of hydrogen-bond donors (Lipinski definition) is 1. The minimum absolute atomic E-state index is 0.130. The van der Waals surface area contributed by atoms with Crippen molar-refractivity contribution < 1.29 is 8.83 Å². The second kappa shape index (κ2) is 7.25. The maximum absolute atomic E-state index is 11.9. The smallest absolute Gasteiger partial charge is 0.336 e. The average molecular weight is 340 g/mol. The molecule has 3 rings (SSSR count). The summed E-state index contributed by atoms with van der Waals surface area (Å²) in [6, 6.07) is 9.59. The molecule has 3 aromatic rings. The molecule has 132 valence electrons. The van der Waals surface area contributed by atoms with E-state index in [9.17, 15) is 4.79 Å². The summed E-state index contributed by atoms with van der Waals surface area (Å²) in [6.45, 7) is 5.39. The van der Waals surface area contributed by atoms with Crippen LogP contribution in [-0.4, -0.2) is 25.5 Å². The molecule has 25 heavy (non-hydrogen) atoms. The van der Waals surface area contributed by atoms with Crippen molar-refractivity contribution in [2.24, 2.45) is 0 Å². The van der Waals surface area contributed by atoms with Gasteiger partial charge in [-0.15, -0.1) is 0 Å². The van der Waals surface area contributed by atoms with Gasteiger partial charge in [0.2, 0.25) is 0 Å². The van der Waals surface area contributed by atoms with Crippen LogP contribution in [0.1, 0.15) is 28.5 Å². The third-order valence-corrected chi connectivity index (χ3v) is 4.59. The first-order valence-corrected chi connectivity index (χ1v) is 8.40. The predicted molar refractivity (Wildman–Crippen MR) is 98.8 cm³/mol. The van der Waals surface area contributed by atoms with Gasteiger partial charge in [0, 0.05) is 24.5 Å². The Morgan fingerprint density at radius 2 is 1.92 bits per heavy atom. The highest BCUT2D eigenvalue weighted by Crippen LogP contribution is 2.22. The Bertz CT molecular complexity index is 911. The fourth-order valence-corrected chi connectivity index (χ4v) is 2.99. The first-order valence-electron chi connectivity index (χ1n) is 8.40. The van der Waals surface area contributed by atoms with Crippen LogP contribution in [0.4, 0.5) is 0 Å². The van der Waals surface area contributed by atoms with Gasteiger partial charge in [-0.25, -0.2) is 4.79 Å². The van der Waals surface area contributed by atoms with Gasteiger partial charge in [0.15, 0.2) is 0 Å². The van der Waals surface area contributed by atoms with Gasteiger partial charge < -0.3 is 14.2 Å². The molecule has 1 N–H and O–H groups in total. The zero-order chi connectivity index (χ0) is 18.0. The number of fused-ring (bicyclic) bond motifs is 1. The van der Waals surface area contributed by atoms with Crippen molar-refractivity contribution in [1.82, 2.24) is 10.2 Å². The largest absolute Gasteiger partial charge is 0.468 e. The summed E-state index contributed by atoms with van der Waals surface area (Å²) in [6.07, 6.45) is 1.69. The normalized spacial score (nSPS) is 12.8. The van der Waals surface area contributed by atoms with E-state index in [-0.39, 0.29) is 11.7 Å². The minimum atomic E-state index is -0.317. The van der Waals surface area contributed by atoms with Gasteiger partial charge in [-0.05, 0) is 68.9 Å². The molecule has 5 nitrogen and oxygen atoms in total. The van der Waals surface area contributed by atoms with Gasteiger partial charge in [-0.1, -0.05) is 0 Å². The molecule has 0 fully saturated rings. The van der Waals surface area contributed by atoms with Crippen molar-refractivity contribution >= 4 is 11.0 Å². The quantitative estimate of drug-likeness (QED) is 0.697. The molecule has 0 saturated carbocycles. The molecule has 0 bridgehead atoms. The Hall–Kier alpha value is -2.37. The second-order valence-corrected chi connectivity index (χ2v) is 6.65. The van der Waals surface area contributed by atoms with Crippen molar-refractivity contribution in [1.29, 1.82) is 0 Å². The fourth-order valence-electron chi connectivity index (χ4n) is 2.99. The maximum atomic E-state index is 11.9. The molecule has 2 heterocycles. The van der Waals surface area contributed by atoms with Crippen LogP contribution in [0, 0.1) is 13.8 Å². The lowest BCUT2D eigenvalue weighted by molar-refractivity contribution is 0.250. The zero-order valence-electron chi connectivity index (χ0n) is 15.1. The lowest BCUT2D eigenvalue weighted by atomic mass is 10.0. The summed E-state index contributed by atoms with van der Waals surface area (Å²) >= 11 is 0. The van der Waals surface area contributed by atoms with Gasteiger partial charge in [0.25, 0.3) is 0 Å². The summed E-state index contributed by atoms with van der Waals surface area (Å²) in [5, 5.41) is 4.42. The fraction of sp³-hybridized carbons (Fsp3) is 0.350. The van der Waals surface area contributed by atoms with Gasteiger partial charge in [0.05, 0.1) is 12.3 Å². The van der Waals surface area contributed by atoms with E-state index in [0.29, 0.717) is 18.7 Å². The number of furan rings is 1. The summed E-state index contributed by atoms with van der Waals surface area (Å²) < 4.78 is 10.9. The first kappa shape index (κ1) is 17.5. The van der Waals surface area contributed by atoms with E-state index >= 15 is 0 Å². The molecule has 0 amide bonds. The highest BCUT2D eigenvalue weighted by molar-refractivity contribution is 5.81. The Labute approximate surface area is 147 Å². The molecule has 0 aliphatic rings. The third kappa shape index (κ3) is 3.83. The van der Waals surface area contributed by atoms with Crippen LogP contribution < -0.4 is 10.9 Å². The van der Waals surface area contributed by atoms with Crippen LogP contribution in [0.3, 0.4) is 0 Å². The van der Waals surface area contributed by atoms with Crippen molar-refractivity contribution in [3.8, 4) is 0 Å². The molecule has 0 aliphatic carbocycles. The highest BCUT2D eigenvalue weighted by Gasteiger charge is 2.16. The van der Waals surface area contributed by atoms with Crippen LogP contribution in [0.25, 0.3) is 11.0 Å². The van der Waals surface area contributed by atoms with Gasteiger partial charge >= 0.3 is 5.63 Å². The van der Waals surface area contributed by atoms with Crippen LogP contribution >= 0.6 is 0 Å². The maximum Gasteiger partial charge on any atom is 0.336 e. The van der Waals surface area contributed by atoms with Crippen LogP contribution in [0.15, 0.2) is 50.2 Å². The van der Waals surface area contributed by atoms with Crippen LogP contribution in [-0.2, 0) is 6.54 Å². The second-order valence-electron chi connectivity index (χ2n) is 6.65. The Morgan fingerprint density at radius 3 is 2.60 bits per heavy atom. The van der Waals surface area contributed by atoms with Gasteiger partial charge in [-0.2, -0.15) is 0 Å². The number of aryl methyl sites for hydroxylation is 2. The van der Waals surface area contributed by atoms with E-state index in [1.165, 1.54) is 5.56 Å². The van der Waals surface area contributed by atoms with Gasteiger partial charge in [-0.3, -0.25) is 4.90 Å². The Kier molecular flexibility index (Phi) is 5.06. The summed E-state index contributed by atoms with van der Waals surface area (Å²) in [7, 11) is 4.04. The van der Waals surface area contributed by atoms with Crippen molar-refractivity contribution in [3.05, 3.63) is 69.5 Å². The molecular formula is C20H24N2O3. The number of nitrogens with zero attached hydrogens (tertiary/aromatic N) is 1. The Morgan fingerprint density at radius 1 is 1.16 bits per heavy atom. The molecule has 2 aromatic heterocycles. The molecule has 0 spiro atoms.